The van der Waals surface area contributed by atoms with Gasteiger partial charge in [0.25, 0.3) is 0 Å². The Balaban J connectivity index is 1.27. The van der Waals surface area contributed by atoms with E-state index in [-0.39, 0.29) is 5.56 Å². The highest BCUT2D eigenvalue weighted by molar-refractivity contribution is 5.95. The number of aromatic amines is 1. The Morgan fingerprint density at radius 2 is 2.00 bits per heavy atom. The highest BCUT2D eigenvalue weighted by atomic mass is 16.4. The van der Waals surface area contributed by atoms with E-state index in [9.17, 15) is 9.90 Å². The molecule has 0 radical (unpaired) electrons. The maximum atomic E-state index is 11.4. The summed E-state index contributed by atoms with van der Waals surface area (Å²) in [6.07, 6.45) is 3.31. The molecule has 0 spiro atoms. The molecule has 4 heterocycles. The van der Waals surface area contributed by atoms with E-state index in [0.29, 0.717) is 29.4 Å². The van der Waals surface area contributed by atoms with Crippen LogP contribution in [0.5, 0.6) is 0 Å². The van der Waals surface area contributed by atoms with Gasteiger partial charge >= 0.3 is 5.97 Å². The van der Waals surface area contributed by atoms with Crippen molar-refractivity contribution in [2.45, 2.75) is 12.5 Å². The van der Waals surface area contributed by atoms with Crippen molar-refractivity contribution >= 4 is 17.1 Å². The molecular weight excluding hydrogens is 358 g/mol. The van der Waals surface area contributed by atoms with Gasteiger partial charge in [-0.1, -0.05) is 18.2 Å². The van der Waals surface area contributed by atoms with Crippen LogP contribution in [0.3, 0.4) is 0 Å². The molecule has 4 aromatic rings. The minimum atomic E-state index is -0.964. The molecule has 5 rings (SSSR count). The second-order valence-electron chi connectivity index (χ2n) is 6.87. The summed E-state index contributed by atoms with van der Waals surface area (Å²) in [5, 5.41) is 16.6. The Labute approximate surface area is 159 Å². The van der Waals surface area contributed by atoms with Gasteiger partial charge in [-0.15, -0.1) is 0 Å². The molecule has 8 heteroatoms. The number of hydrogen-bond acceptors (Lipinski definition) is 6. The van der Waals surface area contributed by atoms with Crippen LogP contribution in [0.4, 0.5) is 0 Å². The van der Waals surface area contributed by atoms with Gasteiger partial charge in [0.05, 0.1) is 17.8 Å². The van der Waals surface area contributed by atoms with Gasteiger partial charge in [-0.05, 0) is 18.2 Å². The summed E-state index contributed by atoms with van der Waals surface area (Å²) in [4.78, 5) is 22.2. The van der Waals surface area contributed by atoms with Crippen LogP contribution in [0.2, 0.25) is 0 Å². The van der Waals surface area contributed by atoms with Crippen LogP contribution in [0, 0.1) is 0 Å². The third-order valence-electron chi connectivity index (χ3n) is 5.05. The first-order valence-corrected chi connectivity index (χ1v) is 8.98. The van der Waals surface area contributed by atoms with Crippen molar-refractivity contribution in [3.63, 3.8) is 0 Å². The maximum Gasteiger partial charge on any atom is 0.336 e. The van der Waals surface area contributed by atoms with Crippen LogP contribution in [0.15, 0.2) is 53.2 Å². The van der Waals surface area contributed by atoms with Crippen LogP contribution >= 0.6 is 0 Å². The van der Waals surface area contributed by atoms with E-state index in [1.54, 1.807) is 30.6 Å². The lowest BCUT2D eigenvalue weighted by Crippen LogP contribution is -2.44. The van der Waals surface area contributed by atoms with Crippen LogP contribution in [-0.2, 0) is 6.54 Å². The quantitative estimate of drug-likeness (QED) is 0.552. The molecule has 1 aliphatic rings. The second kappa shape index (κ2) is 6.58. The first kappa shape index (κ1) is 16.6. The van der Waals surface area contributed by atoms with E-state index >= 15 is 0 Å². The molecule has 0 aliphatic carbocycles. The molecule has 0 atom stereocenters. The van der Waals surface area contributed by atoms with E-state index in [1.165, 1.54) is 0 Å². The van der Waals surface area contributed by atoms with Crippen molar-refractivity contribution in [3.8, 4) is 11.3 Å². The van der Waals surface area contributed by atoms with E-state index < -0.39 is 5.97 Å². The zero-order valence-electron chi connectivity index (χ0n) is 14.9. The number of aromatic carboxylic acids is 1. The molecule has 1 aliphatic heterocycles. The number of nitrogens with one attached hydrogen (secondary N) is 1. The number of carboxylic acids is 1. The molecule has 28 heavy (non-hydrogen) atoms. The van der Waals surface area contributed by atoms with Crippen molar-refractivity contribution in [3.05, 3.63) is 65.8 Å². The number of benzene rings is 1. The first-order valence-electron chi connectivity index (χ1n) is 8.98. The Bertz CT molecular complexity index is 1160. The van der Waals surface area contributed by atoms with Gasteiger partial charge in [0.2, 0.25) is 0 Å². The van der Waals surface area contributed by atoms with E-state index in [1.807, 2.05) is 18.2 Å². The van der Waals surface area contributed by atoms with Crippen molar-refractivity contribution < 1.29 is 14.3 Å². The fraction of sp³-hybridized carbons (Fsp3) is 0.200. The van der Waals surface area contributed by atoms with Gasteiger partial charge in [0.1, 0.15) is 17.0 Å². The minimum Gasteiger partial charge on any atom is -0.478 e. The van der Waals surface area contributed by atoms with Crippen molar-refractivity contribution in [2.75, 3.05) is 13.1 Å². The van der Waals surface area contributed by atoms with Gasteiger partial charge < -0.3 is 9.52 Å². The lowest BCUT2D eigenvalue weighted by molar-refractivity contribution is 0.0697. The number of likely N-dealkylation sites (tertiary alicyclic amines) is 1. The van der Waals surface area contributed by atoms with Crippen molar-refractivity contribution in [1.29, 1.82) is 0 Å². The van der Waals surface area contributed by atoms with Gasteiger partial charge in [0, 0.05) is 37.0 Å². The number of carboxylic acid groups (broad SMARTS) is 1. The fourth-order valence-electron chi connectivity index (χ4n) is 3.65. The summed E-state index contributed by atoms with van der Waals surface area (Å²) in [6.45, 7) is 2.41. The van der Waals surface area contributed by atoms with Gasteiger partial charge in [-0.3, -0.25) is 10.00 Å². The van der Waals surface area contributed by atoms with Crippen LogP contribution < -0.4 is 0 Å². The zero-order chi connectivity index (χ0) is 19.1. The second-order valence-corrected chi connectivity index (χ2v) is 6.87. The van der Waals surface area contributed by atoms with Gasteiger partial charge in [-0.25, -0.2) is 14.8 Å². The molecule has 0 amide bonds. The summed E-state index contributed by atoms with van der Waals surface area (Å²) in [5.41, 5.74) is 3.32. The summed E-state index contributed by atoms with van der Waals surface area (Å²) in [5.74, 6) is 0.751. The zero-order valence-corrected chi connectivity index (χ0v) is 14.9. The van der Waals surface area contributed by atoms with Crippen molar-refractivity contribution in [1.82, 2.24) is 25.1 Å². The Kier molecular flexibility index (Phi) is 3.91. The van der Waals surface area contributed by atoms with E-state index in [4.69, 9.17) is 4.42 Å². The molecule has 2 N–H and O–H groups in total. The number of fused-ring (bicyclic) bond motifs is 1. The van der Waals surface area contributed by atoms with Crippen LogP contribution in [0.25, 0.3) is 22.5 Å². The lowest BCUT2D eigenvalue weighted by atomic mass is 9.95. The molecular formula is C20H17N5O3. The number of aromatic nitrogens is 4. The fourth-order valence-corrected chi connectivity index (χ4v) is 3.65. The monoisotopic (exact) mass is 375 g/mol. The number of nitrogens with zero attached hydrogens (tertiary/aromatic N) is 4. The van der Waals surface area contributed by atoms with Gasteiger partial charge in [0.15, 0.2) is 5.65 Å². The predicted octanol–water partition coefficient (Wildman–Crippen LogP) is 2.91. The minimum absolute atomic E-state index is 0.236. The Morgan fingerprint density at radius 3 is 2.86 bits per heavy atom. The molecule has 0 saturated carbocycles. The van der Waals surface area contributed by atoms with E-state index in [0.717, 1.165) is 30.1 Å². The molecule has 3 aromatic heterocycles. The average Bonchev–Trinajstić information content (AvgIpc) is 3.31. The standard InChI is InChI=1S/C20H17N5O3/c26-20(27)15-4-2-1-3-14(15)16-6-5-13(28-16)11-25-9-12(10-25)17-18-19(24-23-17)22-8-7-21-18/h1-8,12H,9-11H2,(H,26,27)(H,22,23,24). The average molecular weight is 375 g/mol. The molecule has 1 fully saturated rings. The van der Waals surface area contributed by atoms with E-state index in [2.05, 4.69) is 25.1 Å². The lowest BCUT2D eigenvalue weighted by Gasteiger charge is -2.38. The third kappa shape index (κ3) is 2.84. The highest BCUT2D eigenvalue weighted by Crippen LogP contribution is 2.32. The topological polar surface area (TPSA) is 108 Å². The Morgan fingerprint density at radius 1 is 1.18 bits per heavy atom. The largest absolute Gasteiger partial charge is 0.478 e. The van der Waals surface area contributed by atoms with Crippen molar-refractivity contribution in [2.24, 2.45) is 0 Å². The first-order chi connectivity index (χ1) is 13.7. The maximum absolute atomic E-state index is 11.4. The summed E-state index contributed by atoms with van der Waals surface area (Å²) in [7, 11) is 0. The third-order valence-corrected chi connectivity index (χ3v) is 5.05. The SMILES string of the molecule is O=C(O)c1ccccc1-c1ccc(CN2CC(c3[nH]nc4nccnc34)C2)o1. The smallest absolute Gasteiger partial charge is 0.336 e. The molecule has 1 aromatic carbocycles. The van der Waals surface area contributed by atoms with Crippen LogP contribution in [-0.4, -0.2) is 49.2 Å². The summed E-state index contributed by atoms with van der Waals surface area (Å²) < 4.78 is 5.92. The van der Waals surface area contributed by atoms with Gasteiger partial charge in [-0.2, -0.15) is 5.10 Å². The molecule has 0 unspecified atom stereocenters. The summed E-state index contributed by atoms with van der Waals surface area (Å²) in [6, 6.07) is 10.6. The predicted molar refractivity (Wildman–Crippen MR) is 101 cm³/mol. The highest BCUT2D eigenvalue weighted by Gasteiger charge is 2.32. The molecule has 0 bridgehead atoms. The molecule has 8 nitrogen and oxygen atoms in total. The molecule has 140 valence electrons. The molecule has 1 saturated heterocycles. The van der Waals surface area contributed by atoms with Crippen LogP contribution in [0.1, 0.15) is 27.7 Å². The number of hydrogen-bond donors (Lipinski definition) is 2. The number of carbonyl (C=O) groups is 1. The summed E-state index contributed by atoms with van der Waals surface area (Å²) >= 11 is 0. The number of furan rings is 1. The normalized spacial score (nSPS) is 15.0. The number of rotatable bonds is 5. The Hall–Kier alpha value is -3.52. The number of H-pyrrole nitrogens is 1.